The molecule has 0 atom stereocenters. The number of hydrogen-bond acceptors (Lipinski definition) is 5. The molecule has 0 unspecified atom stereocenters. The van der Waals surface area contributed by atoms with Crippen molar-refractivity contribution in [3.63, 3.8) is 0 Å². The molecule has 2 N–H and O–H groups in total. The number of anilines is 1. The number of aromatic nitrogens is 4. The number of benzene rings is 1. The first-order valence-electron chi connectivity index (χ1n) is 6.46. The second kappa shape index (κ2) is 6.00. The van der Waals surface area contributed by atoms with Crippen LogP contribution in [0.4, 0.5) is 5.95 Å². The molecule has 0 saturated carbocycles. The number of rotatable bonds is 5. The van der Waals surface area contributed by atoms with Crippen LogP contribution in [0, 0.1) is 0 Å². The molecule has 3 rings (SSSR count). The van der Waals surface area contributed by atoms with Gasteiger partial charge in [0.1, 0.15) is 6.33 Å². The molecule has 2 aromatic heterocycles. The molecule has 21 heavy (non-hydrogen) atoms. The smallest absolute Gasteiger partial charge is 0.227 e. The Hall–Kier alpha value is -2.96. The Morgan fingerprint density at radius 1 is 1.24 bits per heavy atom. The zero-order valence-corrected chi connectivity index (χ0v) is 11.1. The number of aromatic amines is 1. The first-order valence-corrected chi connectivity index (χ1v) is 6.46. The van der Waals surface area contributed by atoms with Crippen LogP contribution in [-0.2, 0) is 11.2 Å². The van der Waals surface area contributed by atoms with Crippen LogP contribution < -0.4 is 5.32 Å². The Morgan fingerprint density at radius 3 is 2.86 bits per heavy atom. The van der Waals surface area contributed by atoms with Gasteiger partial charge in [0.2, 0.25) is 11.9 Å². The fourth-order valence-corrected chi connectivity index (χ4v) is 1.84. The second-order valence-corrected chi connectivity index (χ2v) is 4.37. The number of carbonyl (C=O) groups excluding carboxylic acids is 1. The number of H-pyrrole nitrogens is 1. The molecule has 0 bridgehead atoms. The van der Waals surface area contributed by atoms with Gasteiger partial charge >= 0.3 is 0 Å². The molecule has 0 fully saturated rings. The number of nitrogens with zero attached hydrogens (tertiary/aromatic N) is 3. The summed E-state index contributed by atoms with van der Waals surface area (Å²) in [5, 5.41) is 8.80. The number of amides is 1. The van der Waals surface area contributed by atoms with E-state index in [0.29, 0.717) is 24.0 Å². The lowest BCUT2D eigenvalue weighted by Gasteiger charge is -1.99. The number of oxazole rings is 1. The van der Waals surface area contributed by atoms with Crippen molar-refractivity contribution in [3.05, 3.63) is 48.7 Å². The van der Waals surface area contributed by atoms with Crippen molar-refractivity contribution in [1.29, 1.82) is 0 Å². The Balaban J connectivity index is 1.56. The van der Waals surface area contributed by atoms with E-state index in [1.807, 2.05) is 30.3 Å². The number of hydrogen-bond donors (Lipinski definition) is 2. The third kappa shape index (κ3) is 3.33. The van der Waals surface area contributed by atoms with E-state index in [4.69, 9.17) is 4.42 Å². The van der Waals surface area contributed by atoms with Gasteiger partial charge in [0.15, 0.2) is 11.7 Å². The van der Waals surface area contributed by atoms with E-state index in [9.17, 15) is 4.79 Å². The lowest BCUT2D eigenvalue weighted by atomic mass is 10.2. The molecule has 0 aliphatic carbocycles. The van der Waals surface area contributed by atoms with E-state index in [-0.39, 0.29) is 12.3 Å². The molecule has 2 heterocycles. The molecule has 7 nitrogen and oxygen atoms in total. The molecule has 7 heteroatoms. The fourth-order valence-electron chi connectivity index (χ4n) is 1.84. The van der Waals surface area contributed by atoms with Gasteiger partial charge in [-0.1, -0.05) is 30.3 Å². The highest BCUT2D eigenvalue weighted by atomic mass is 16.4. The highest BCUT2D eigenvalue weighted by molar-refractivity contribution is 5.88. The van der Waals surface area contributed by atoms with Crippen LogP contribution in [0.3, 0.4) is 0 Å². The van der Waals surface area contributed by atoms with Crippen LogP contribution in [-0.4, -0.2) is 26.1 Å². The van der Waals surface area contributed by atoms with Crippen LogP contribution >= 0.6 is 0 Å². The number of nitrogens with one attached hydrogen (secondary N) is 2. The highest BCUT2D eigenvalue weighted by Gasteiger charge is 2.09. The van der Waals surface area contributed by atoms with Crippen LogP contribution in [0.5, 0.6) is 0 Å². The topological polar surface area (TPSA) is 96.7 Å². The average molecular weight is 283 g/mol. The lowest BCUT2D eigenvalue weighted by Crippen LogP contribution is -2.13. The maximum Gasteiger partial charge on any atom is 0.227 e. The van der Waals surface area contributed by atoms with E-state index in [0.717, 1.165) is 5.56 Å². The minimum atomic E-state index is -0.175. The molecule has 106 valence electrons. The maximum atomic E-state index is 11.7. The summed E-state index contributed by atoms with van der Waals surface area (Å²) < 4.78 is 5.63. The van der Waals surface area contributed by atoms with Crippen molar-refractivity contribution < 1.29 is 9.21 Å². The zero-order valence-electron chi connectivity index (χ0n) is 11.1. The van der Waals surface area contributed by atoms with Crippen LogP contribution in [0.15, 0.2) is 47.3 Å². The van der Waals surface area contributed by atoms with Gasteiger partial charge in [-0.2, -0.15) is 10.1 Å². The Kier molecular flexibility index (Phi) is 3.72. The van der Waals surface area contributed by atoms with Crippen molar-refractivity contribution in [1.82, 2.24) is 20.2 Å². The SMILES string of the molecule is O=C(CCc1ncc(-c2ccccc2)o1)Nc1ncn[nH]1. The van der Waals surface area contributed by atoms with Gasteiger partial charge in [-0.05, 0) is 0 Å². The summed E-state index contributed by atoms with van der Waals surface area (Å²) in [4.78, 5) is 19.7. The molecule has 0 aliphatic rings. The maximum absolute atomic E-state index is 11.7. The van der Waals surface area contributed by atoms with Crippen molar-refractivity contribution in [3.8, 4) is 11.3 Å². The molecule has 3 aromatic rings. The minimum absolute atomic E-state index is 0.175. The standard InChI is InChI=1S/C14H13N5O2/c20-12(18-14-16-9-17-19-14)6-7-13-15-8-11(21-13)10-4-2-1-3-5-10/h1-5,8-9H,6-7H2,(H2,16,17,18,19,20). The molecule has 0 radical (unpaired) electrons. The van der Waals surface area contributed by atoms with Crippen molar-refractivity contribution in [2.24, 2.45) is 0 Å². The monoisotopic (exact) mass is 283 g/mol. The predicted octanol–water partition coefficient (Wildman–Crippen LogP) is 2.03. The van der Waals surface area contributed by atoms with E-state index in [2.05, 4.69) is 25.5 Å². The van der Waals surface area contributed by atoms with Crippen LogP contribution in [0.1, 0.15) is 12.3 Å². The van der Waals surface area contributed by atoms with Gasteiger partial charge in [0, 0.05) is 18.4 Å². The van der Waals surface area contributed by atoms with Crippen molar-refractivity contribution in [2.45, 2.75) is 12.8 Å². The predicted molar refractivity (Wildman–Crippen MR) is 75.3 cm³/mol. The van der Waals surface area contributed by atoms with Gasteiger partial charge in [-0.3, -0.25) is 10.1 Å². The third-order valence-corrected chi connectivity index (χ3v) is 2.85. The minimum Gasteiger partial charge on any atom is -0.441 e. The van der Waals surface area contributed by atoms with Crippen LogP contribution in [0.25, 0.3) is 11.3 Å². The Bertz CT molecular complexity index is 706. The summed E-state index contributed by atoms with van der Waals surface area (Å²) in [6, 6.07) is 9.70. The summed E-state index contributed by atoms with van der Waals surface area (Å²) in [6.07, 6.45) is 3.68. The van der Waals surface area contributed by atoms with E-state index >= 15 is 0 Å². The number of carbonyl (C=O) groups is 1. The Labute approximate surface area is 120 Å². The van der Waals surface area contributed by atoms with Crippen molar-refractivity contribution >= 4 is 11.9 Å². The first kappa shape index (κ1) is 13.0. The molecule has 0 saturated heterocycles. The molecular formula is C14H13N5O2. The largest absolute Gasteiger partial charge is 0.441 e. The molecule has 1 amide bonds. The summed E-state index contributed by atoms with van der Waals surface area (Å²) in [6.45, 7) is 0. The van der Waals surface area contributed by atoms with E-state index in [1.54, 1.807) is 6.20 Å². The quantitative estimate of drug-likeness (QED) is 0.746. The average Bonchev–Trinajstić information content (AvgIpc) is 3.17. The molecule has 0 spiro atoms. The van der Waals surface area contributed by atoms with Gasteiger partial charge in [0.25, 0.3) is 0 Å². The normalized spacial score (nSPS) is 10.5. The summed E-state index contributed by atoms with van der Waals surface area (Å²) >= 11 is 0. The summed E-state index contributed by atoms with van der Waals surface area (Å²) in [5.41, 5.74) is 0.961. The highest BCUT2D eigenvalue weighted by Crippen LogP contribution is 2.20. The van der Waals surface area contributed by atoms with E-state index in [1.165, 1.54) is 6.33 Å². The van der Waals surface area contributed by atoms with Crippen molar-refractivity contribution in [2.75, 3.05) is 5.32 Å². The fraction of sp³-hybridized carbons (Fsp3) is 0.143. The van der Waals surface area contributed by atoms with Crippen LogP contribution in [0.2, 0.25) is 0 Å². The summed E-state index contributed by atoms with van der Waals surface area (Å²) in [5.74, 6) is 1.38. The lowest BCUT2D eigenvalue weighted by molar-refractivity contribution is -0.116. The summed E-state index contributed by atoms with van der Waals surface area (Å²) in [7, 11) is 0. The van der Waals surface area contributed by atoms with Gasteiger partial charge < -0.3 is 4.42 Å². The Morgan fingerprint density at radius 2 is 2.10 bits per heavy atom. The number of aryl methyl sites for hydroxylation is 1. The second-order valence-electron chi connectivity index (χ2n) is 4.37. The third-order valence-electron chi connectivity index (χ3n) is 2.85. The zero-order chi connectivity index (χ0) is 14.5. The van der Waals surface area contributed by atoms with E-state index < -0.39 is 0 Å². The van der Waals surface area contributed by atoms with Gasteiger partial charge in [-0.15, -0.1) is 0 Å². The van der Waals surface area contributed by atoms with Gasteiger partial charge in [-0.25, -0.2) is 10.1 Å². The van der Waals surface area contributed by atoms with Gasteiger partial charge in [0.05, 0.1) is 6.20 Å². The molecular weight excluding hydrogens is 270 g/mol. The molecule has 1 aromatic carbocycles. The first-order chi connectivity index (χ1) is 10.3. The molecule has 0 aliphatic heterocycles.